The molecule has 2 aromatic carbocycles. The number of carbonyl (C=O) groups excluding carboxylic acids is 2. The zero-order chi connectivity index (χ0) is 20.0. The van der Waals surface area contributed by atoms with Gasteiger partial charge in [0.1, 0.15) is 23.1 Å². The number of carbonyl (C=O) groups is 2. The lowest BCUT2D eigenvalue weighted by atomic mass is 9.93. The van der Waals surface area contributed by atoms with Crippen molar-refractivity contribution in [3.8, 4) is 11.5 Å². The van der Waals surface area contributed by atoms with E-state index in [-0.39, 0.29) is 10.7 Å². The van der Waals surface area contributed by atoms with E-state index in [0.29, 0.717) is 27.8 Å². The smallest absolute Gasteiger partial charge is 0.279 e. The van der Waals surface area contributed by atoms with Crippen molar-refractivity contribution in [1.82, 2.24) is 0 Å². The van der Waals surface area contributed by atoms with Gasteiger partial charge in [0.2, 0.25) is 12.0 Å². The van der Waals surface area contributed by atoms with Gasteiger partial charge in [-0.25, -0.2) is 4.90 Å². The van der Waals surface area contributed by atoms with Gasteiger partial charge in [0.25, 0.3) is 5.91 Å². The van der Waals surface area contributed by atoms with E-state index in [0.717, 1.165) is 4.90 Å². The van der Waals surface area contributed by atoms with Crippen LogP contribution in [0.5, 0.6) is 11.5 Å². The molecular weight excluding hydrogens is 407 g/mol. The van der Waals surface area contributed by atoms with Gasteiger partial charge in [0.05, 0.1) is 24.9 Å². The molecule has 1 fully saturated rings. The molecule has 2 heterocycles. The van der Waals surface area contributed by atoms with E-state index in [1.165, 1.54) is 26.4 Å². The van der Waals surface area contributed by atoms with Crippen LogP contribution < -0.4 is 14.4 Å². The van der Waals surface area contributed by atoms with Crippen molar-refractivity contribution in [3.63, 3.8) is 0 Å². The second-order valence-electron chi connectivity index (χ2n) is 6.15. The molecule has 0 aliphatic carbocycles. The molecule has 4 rings (SSSR count). The molecule has 0 unspecified atom stereocenters. The molecule has 7 nitrogen and oxygen atoms in total. The number of rotatable bonds is 4. The maximum atomic E-state index is 13.2. The van der Waals surface area contributed by atoms with E-state index < -0.39 is 23.8 Å². The van der Waals surface area contributed by atoms with Crippen LogP contribution in [0.25, 0.3) is 0 Å². The summed E-state index contributed by atoms with van der Waals surface area (Å²) in [6.45, 7) is 0. The van der Waals surface area contributed by atoms with Gasteiger partial charge in [0, 0.05) is 10.6 Å². The first-order valence-corrected chi connectivity index (χ1v) is 9.01. The highest BCUT2D eigenvalue weighted by atomic mass is 35.5. The fourth-order valence-corrected chi connectivity index (χ4v) is 3.68. The third-order valence-electron chi connectivity index (χ3n) is 4.64. The van der Waals surface area contributed by atoms with Crippen LogP contribution in [0.15, 0.2) is 41.6 Å². The Morgan fingerprint density at radius 2 is 1.82 bits per heavy atom. The van der Waals surface area contributed by atoms with Crippen molar-refractivity contribution < 1.29 is 23.9 Å². The lowest BCUT2D eigenvalue weighted by molar-refractivity contribution is -0.126. The normalized spacial score (nSPS) is 20.7. The highest BCUT2D eigenvalue weighted by Gasteiger charge is 2.57. The molecule has 2 amide bonds. The first-order chi connectivity index (χ1) is 13.5. The quantitative estimate of drug-likeness (QED) is 0.709. The van der Waals surface area contributed by atoms with Crippen LogP contribution in [0.1, 0.15) is 5.56 Å². The van der Waals surface area contributed by atoms with Crippen molar-refractivity contribution in [3.05, 3.63) is 52.0 Å². The fraction of sp³-hybridized carbons (Fsp3) is 0.211. The van der Waals surface area contributed by atoms with Gasteiger partial charge in [0.15, 0.2) is 0 Å². The molecule has 1 saturated heterocycles. The number of benzene rings is 2. The van der Waals surface area contributed by atoms with Gasteiger partial charge in [-0.3, -0.25) is 9.59 Å². The minimum absolute atomic E-state index is 0.208. The molecule has 2 aliphatic heterocycles. The molecule has 0 N–H and O–H groups in total. The molecule has 9 heteroatoms. The van der Waals surface area contributed by atoms with Gasteiger partial charge in [-0.05, 0) is 36.4 Å². The second-order valence-corrected chi connectivity index (χ2v) is 7.00. The third kappa shape index (κ3) is 2.78. The van der Waals surface area contributed by atoms with Crippen LogP contribution in [0.3, 0.4) is 0 Å². The molecule has 0 spiro atoms. The van der Waals surface area contributed by atoms with E-state index in [4.69, 9.17) is 37.5 Å². The highest BCUT2D eigenvalue weighted by molar-refractivity contribution is 6.39. The molecule has 0 saturated carbocycles. The summed E-state index contributed by atoms with van der Waals surface area (Å²) in [5, 5.41) is 4.57. The number of hydrogen-bond donors (Lipinski definition) is 0. The van der Waals surface area contributed by atoms with Crippen molar-refractivity contribution in [1.29, 1.82) is 0 Å². The van der Waals surface area contributed by atoms with Gasteiger partial charge in [-0.1, -0.05) is 28.4 Å². The second kappa shape index (κ2) is 7.00. The minimum Gasteiger partial charge on any atom is -0.497 e. The minimum atomic E-state index is -1.08. The number of methoxy groups -OCH3 is 2. The summed E-state index contributed by atoms with van der Waals surface area (Å²) in [5.41, 5.74) is 1.01. The van der Waals surface area contributed by atoms with E-state index in [9.17, 15) is 9.59 Å². The Kier molecular flexibility index (Phi) is 4.64. The van der Waals surface area contributed by atoms with E-state index in [1.807, 2.05) is 0 Å². The van der Waals surface area contributed by atoms with Crippen LogP contribution >= 0.6 is 23.2 Å². The lowest BCUT2D eigenvalue weighted by Crippen LogP contribution is -2.33. The van der Waals surface area contributed by atoms with Crippen molar-refractivity contribution >= 4 is 46.4 Å². The van der Waals surface area contributed by atoms with Crippen LogP contribution in [-0.4, -0.2) is 37.8 Å². The number of anilines is 1. The average molecular weight is 421 g/mol. The monoisotopic (exact) mass is 420 g/mol. The Balaban J connectivity index is 1.77. The zero-order valence-electron chi connectivity index (χ0n) is 14.8. The summed E-state index contributed by atoms with van der Waals surface area (Å²) < 4.78 is 10.6. The Hall–Kier alpha value is -2.77. The SMILES string of the molecule is COc1ccc(OC)c(C2=NO[C@@H]3C(=O)N(c4cc(Cl)ccc4Cl)C(=O)[C@H]23)c1. The number of nitrogens with zero attached hydrogens (tertiary/aromatic N) is 2. The van der Waals surface area contributed by atoms with Gasteiger partial charge in [-0.2, -0.15) is 0 Å². The highest BCUT2D eigenvalue weighted by Crippen LogP contribution is 2.40. The van der Waals surface area contributed by atoms with Gasteiger partial charge in [-0.15, -0.1) is 0 Å². The summed E-state index contributed by atoms with van der Waals surface area (Å²) in [5.74, 6) is -0.958. The molecule has 144 valence electrons. The number of fused-ring (bicyclic) bond motifs is 1. The van der Waals surface area contributed by atoms with Gasteiger partial charge < -0.3 is 14.3 Å². The van der Waals surface area contributed by atoms with Crippen molar-refractivity contribution in [2.45, 2.75) is 6.10 Å². The first kappa shape index (κ1) is 18.6. The topological polar surface area (TPSA) is 77.4 Å². The fourth-order valence-electron chi connectivity index (χ4n) is 3.31. The van der Waals surface area contributed by atoms with E-state index in [1.54, 1.807) is 24.3 Å². The number of imide groups is 1. The Labute approximate surface area is 170 Å². The summed E-state index contributed by atoms with van der Waals surface area (Å²) in [6, 6.07) is 9.64. The Morgan fingerprint density at radius 1 is 1.04 bits per heavy atom. The molecule has 2 aromatic rings. The average Bonchev–Trinajstić information content (AvgIpc) is 3.24. The van der Waals surface area contributed by atoms with Crippen LogP contribution in [0.4, 0.5) is 5.69 Å². The molecular formula is C19H14Cl2N2O5. The Morgan fingerprint density at radius 3 is 2.54 bits per heavy atom. The number of halogens is 2. The number of hydrogen-bond acceptors (Lipinski definition) is 6. The zero-order valence-corrected chi connectivity index (χ0v) is 16.3. The van der Waals surface area contributed by atoms with Crippen LogP contribution in [0.2, 0.25) is 10.0 Å². The summed E-state index contributed by atoms with van der Waals surface area (Å²) in [6.07, 6.45) is -1.08. The molecule has 0 bridgehead atoms. The molecule has 2 atom stereocenters. The molecule has 2 aliphatic rings. The van der Waals surface area contributed by atoms with Crippen molar-refractivity contribution in [2.24, 2.45) is 11.1 Å². The van der Waals surface area contributed by atoms with Crippen molar-refractivity contribution in [2.75, 3.05) is 19.1 Å². The molecule has 0 aromatic heterocycles. The lowest BCUT2D eigenvalue weighted by Gasteiger charge is -2.17. The van der Waals surface area contributed by atoms with Crippen LogP contribution in [-0.2, 0) is 14.4 Å². The van der Waals surface area contributed by atoms with E-state index >= 15 is 0 Å². The largest absolute Gasteiger partial charge is 0.497 e. The number of oxime groups is 1. The van der Waals surface area contributed by atoms with Crippen LogP contribution in [0, 0.1) is 5.92 Å². The van der Waals surface area contributed by atoms with E-state index in [2.05, 4.69) is 5.16 Å². The summed E-state index contributed by atoms with van der Waals surface area (Å²) in [7, 11) is 3.02. The number of amides is 2. The summed E-state index contributed by atoms with van der Waals surface area (Å²) >= 11 is 12.2. The third-order valence-corrected chi connectivity index (χ3v) is 5.20. The van der Waals surface area contributed by atoms with Gasteiger partial charge >= 0.3 is 0 Å². The first-order valence-electron chi connectivity index (χ1n) is 8.25. The maximum absolute atomic E-state index is 13.2. The summed E-state index contributed by atoms with van der Waals surface area (Å²) in [4.78, 5) is 32.4. The Bertz CT molecular complexity index is 1020. The predicted molar refractivity (Wildman–Crippen MR) is 103 cm³/mol. The number of ether oxygens (including phenoxy) is 2. The standard InChI is InChI=1S/C19H14Cl2N2O5/c1-26-10-4-6-14(27-2)11(8-10)16-15-17(28-22-16)19(25)23(18(15)24)13-7-9(20)3-5-12(13)21/h3-8,15,17H,1-2H3/t15-,17+/m1/s1. The molecule has 0 radical (unpaired) electrons. The predicted octanol–water partition coefficient (Wildman–Crippen LogP) is 3.30. The molecule has 28 heavy (non-hydrogen) atoms. The maximum Gasteiger partial charge on any atom is 0.279 e.